The highest BCUT2D eigenvalue weighted by molar-refractivity contribution is 9.10. The van der Waals surface area contributed by atoms with Crippen LogP contribution in [0.25, 0.3) is 5.69 Å². The van der Waals surface area contributed by atoms with Crippen LogP contribution < -0.4 is 10.6 Å². The number of rotatable bonds is 8. The third-order valence-electron chi connectivity index (χ3n) is 4.75. The number of hydrogen-bond donors (Lipinski definition) is 2. The Morgan fingerprint density at radius 3 is 2.33 bits per heavy atom. The number of carbonyl (C=O) groups excluding carboxylic acids is 1. The summed E-state index contributed by atoms with van der Waals surface area (Å²) in [6, 6.07) is 23.1. The van der Waals surface area contributed by atoms with Crippen molar-refractivity contribution in [1.29, 1.82) is 0 Å². The van der Waals surface area contributed by atoms with E-state index in [0.717, 1.165) is 27.4 Å². The van der Waals surface area contributed by atoms with Crippen molar-refractivity contribution in [3.63, 3.8) is 0 Å². The molecule has 0 radical (unpaired) electrons. The monoisotopic (exact) mass is 541 g/mol. The number of aromatic nitrogens is 3. The fraction of sp³-hybridized carbons (Fsp3) is 0.125. The van der Waals surface area contributed by atoms with E-state index in [9.17, 15) is 4.79 Å². The molecule has 0 saturated heterocycles. The maximum absolute atomic E-state index is 12.5. The summed E-state index contributed by atoms with van der Waals surface area (Å²) in [4.78, 5) is 12.5. The van der Waals surface area contributed by atoms with Crippen molar-refractivity contribution in [2.45, 2.75) is 18.6 Å². The van der Waals surface area contributed by atoms with Crippen LogP contribution in [0.15, 0.2) is 82.4 Å². The second kappa shape index (κ2) is 10.9. The summed E-state index contributed by atoms with van der Waals surface area (Å²) in [5, 5.41) is 16.3. The van der Waals surface area contributed by atoms with Gasteiger partial charge in [0.1, 0.15) is 0 Å². The van der Waals surface area contributed by atoms with Gasteiger partial charge >= 0.3 is 0 Å². The van der Waals surface area contributed by atoms with Crippen LogP contribution in [0.5, 0.6) is 0 Å². The van der Waals surface area contributed by atoms with Crippen molar-refractivity contribution in [1.82, 2.24) is 14.8 Å². The molecule has 168 valence electrons. The molecule has 0 aliphatic carbocycles. The van der Waals surface area contributed by atoms with Gasteiger partial charge < -0.3 is 10.6 Å². The molecule has 0 fully saturated rings. The molecule has 6 nitrogen and oxygen atoms in total. The lowest BCUT2D eigenvalue weighted by molar-refractivity contribution is -0.113. The zero-order valence-corrected chi connectivity index (χ0v) is 20.9. The number of thioether (sulfide) groups is 1. The van der Waals surface area contributed by atoms with Crippen molar-refractivity contribution in [3.05, 3.63) is 93.7 Å². The maximum Gasteiger partial charge on any atom is 0.234 e. The molecule has 0 bridgehead atoms. The molecule has 0 spiro atoms. The predicted octanol–water partition coefficient (Wildman–Crippen LogP) is 6.33. The molecule has 0 saturated carbocycles. The minimum absolute atomic E-state index is 0.118. The van der Waals surface area contributed by atoms with Crippen molar-refractivity contribution in [2.24, 2.45) is 0 Å². The largest absolute Gasteiger partial charge is 0.378 e. The predicted molar refractivity (Wildman–Crippen MR) is 138 cm³/mol. The first-order valence-corrected chi connectivity index (χ1v) is 12.3. The Kier molecular flexibility index (Phi) is 7.69. The molecule has 4 rings (SSSR count). The lowest BCUT2D eigenvalue weighted by Gasteiger charge is -2.12. The number of hydrogen-bond acceptors (Lipinski definition) is 5. The average Bonchev–Trinajstić information content (AvgIpc) is 3.22. The van der Waals surface area contributed by atoms with Crippen molar-refractivity contribution in [3.8, 4) is 5.69 Å². The van der Waals surface area contributed by atoms with E-state index in [-0.39, 0.29) is 11.7 Å². The Morgan fingerprint density at radius 1 is 0.970 bits per heavy atom. The van der Waals surface area contributed by atoms with Crippen LogP contribution in [0, 0.1) is 6.92 Å². The van der Waals surface area contributed by atoms with Crippen molar-refractivity contribution in [2.75, 3.05) is 16.4 Å². The number of benzene rings is 3. The quantitative estimate of drug-likeness (QED) is 0.254. The van der Waals surface area contributed by atoms with Crippen LogP contribution in [0.4, 0.5) is 11.4 Å². The summed E-state index contributed by atoms with van der Waals surface area (Å²) < 4.78 is 2.90. The molecule has 9 heteroatoms. The molecule has 4 aromatic rings. The Hall–Kier alpha value is -2.81. The van der Waals surface area contributed by atoms with Crippen LogP contribution >= 0.6 is 39.3 Å². The van der Waals surface area contributed by atoms with Gasteiger partial charge in [-0.25, -0.2) is 0 Å². The fourth-order valence-corrected chi connectivity index (χ4v) is 4.23. The molecule has 0 aliphatic rings. The Morgan fingerprint density at radius 2 is 1.64 bits per heavy atom. The van der Waals surface area contributed by atoms with Gasteiger partial charge in [-0.3, -0.25) is 9.36 Å². The summed E-state index contributed by atoms with van der Waals surface area (Å²) in [6.07, 6.45) is 0. The minimum atomic E-state index is -0.118. The first-order valence-electron chi connectivity index (χ1n) is 10.2. The van der Waals surface area contributed by atoms with Gasteiger partial charge in [-0.2, -0.15) is 0 Å². The van der Waals surface area contributed by atoms with Gasteiger partial charge in [-0.15, -0.1) is 10.2 Å². The molecular formula is C24H21BrClN5OS. The highest BCUT2D eigenvalue weighted by Crippen LogP contribution is 2.24. The van der Waals surface area contributed by atoms with E-state index < -0.39 is 0 Å². The minimum Gasteiger partial charge on any atom is -0.378 e. The van der Waals surface area contributed by atoms with Gasteiger partial charge in [-0.05, 0) is 67.6 Å². The van der Waals surface area contributed by atoms with Crippen molar-refractivity contribution >= 4 is 56.6 Å². The summed E-state index contributed by atoms with van der Waals surface area (Å²) in [5.74, 6) is 0.814. The second-order valence-electron chi connectivity index (χ2n) is 7.27. The lowest BCUT2D eigenvalue weighted by atomic mass is 10.2. The highest BCUT2D eigenvalue weighted by Gasteiger charge is 2.16. The second-order valence-corrected chi connectivity index (χ2v) is 9.57. The van der Waals surface area contributed by atoms with Crippen LogP contribution in [-0.2, 0) is 11.3 Å². The van der Waals surface area contributed by atoms with Crippen LogP contribution in [0.2, 0.25) is 5.02 Å². The molecule has 0 atom stereocenters. The van der Waals surface area contributed by atoms with Gasteiger partial charge in [-0.1, -0.05) is 57.0 Å². The Balaban J connectivity index is 1.50. The topological polar surface area (TPSA) is 71.8 Å². The van der Waals surface area contributed by atoms with Gasteiger partial charge in [0.2, 0.25) is 5.91 Å². The lowest BCUT2D eigenvalue weighted by Crippen LogP contribution is -2.14. The third kappa shape index (κ3) is 6.37. The van der Waals surface area contributed by atoms with E-state index in [1.807, 2.05) is 65.2 Å². The van der Waals surface area contributed by atoms with Crippen molar-refractivity contribution < 1.29 is 4.79 Å². The number of carbonyl (C=O) groups is 1. The van der Waals surface area contributed by atoms with Crippen LogP contribution in [0.1, 0.15) is 11.4 Å². The van der Waals surface area contributed by atoms with E-state index in [2.05, 4.69) is 55.8 Å². The van der Waals surface area contributed by atoms with E-state index >= 15 is 0 Å². The SMILES string of the molecule is Cc1ccc(NCc2nnc(SCC(=O)Nc3ccc(Br)cc3)n2-c2ccc(Cl)cc2)cc1. The molecule has 1 heterocycles. The normalized spacial score (nSPS) is 10.8. The number of nitrogens with zero attached hydrogens (tertiary/aromatic N) is 3. The Labute approximate surface area is 209 Å². The first-order chi connectivity index (χ1) is 16.0. The van der Waals surface area contributed by atoms with Crippen LogP contribution in [0.3, 0.4) is 0 Å². The summed E-state index contributed by atoms with van der Waals surface area (Å²) in [7, 11) is 0. The summed E-state index contributed by atoms with van der Waals surface area (Å²) in [5.41, 5.74) is 3.81. The summed E-state index contributed by atoms with van der Waals surface area (Å²) >= 11 is 10.8. The van der Waals surface area contributed by atoms with Gasteiger partial charge in [0.25, 0.3) is 0 Å². The molecule has 3 aromatic carbocycles. The first kappa shape index (κ1) is 23.4. The standard InChI is InChI=1S/C24H21BrClN5OS/c1-16-2-8-19(9-3-16)27-14-22-29-30-24(31(22)21-12-6-18(26)7-13-21)33-15-23(32)28-20-10-4-17(25)5-11-20/h2-13,27H,14-15H2,1H3,(H,28,32). The summed E-state index contributed by atoms with van der Waals surface area (Å²) in [6.45, 7) is 2.53. The van der Waals surface area contributed by atoms with E-state index in [0.29, 0.717) is 16.7 Å². The molecule has 1 amide bonds. The number of halogens is 2. The van der Waals surface area contributed by atoms with Gasteiger partial charge in [0, 0.05) is 26.6 Å². The number of amides is 1. The zero-order chi connectivity index (χ0) is 23.2. The molecule has 2 N–H and O–H groups in total. The smallest absolute Gasteiger partial charge is 0.234 e. The highest BCUT2D eigenvalue weighted by atomic mass is 79.9. The average molecular weight is 543 g/mol. The molecule has 0 aliphatic heterocycles. The van der Waals surface area contributed by atoms with E-state index in [1.54, 1.807) is 0 Å². The third-order valence-corrected chi connectivity index (χ3v) is 6.46. The molecular weight excluding hydrogens is 522 g/mol. The van der Waals surface area contributed by atoms with Gasteiger partial charge in [0.15, 0.2) is 11.0 Å². The van der Waals surface area contributed by atoms with E-state index in [4.69, 9.17) is 11.6 Å². The molecule has 33 heavy (non-hydrogen) atoms. The fourth-order valence-electron chi connectivity index (χ4n) is 3.07. The van der Waals surface area contributed by atoms with Gasteiger partial charge in [0.05, 0.1) is 12.3 Å². The number of aryl methyl sites for hydroxylation is 1. The number of anilines is 2. The van der Waals surface area contributed by atoms with E-state index in [1.165, 1.54) is 17.3 Å². The molecule has 1 aromatic heterocycles. The van der Waals surface area contributed by atoms with Crippen LogP contribution in [-0.4, -0.2) is 26.4 Å². The zero-order valence-electron chi connectivity index (χ0n) is 17.8. The number of nitrogens with one attached hydrogen (secondary N) is 2. The molecule has 0 unspecified atom stereocenters. The Bertz CT molecular complexity index is 1230. The maximum atomic E-state index is 12.5.